The molecule has 1 N–H and O–H groups in total. The van der Waals surface area contributed by atoms with Crippen molar-refractivity contribution in [3.8, 4) is 0 Å². The molecular weight excluding hydrogens is 322 g/mol. The van der Waals surface area contributed by atoms with Gasteiger partial charge in [-0.25, -0.2) is 19.2 Å². The summed E-state index contributed by atoms with van der Waals surface area (Å²) < 4.78 is 10.7. The number of nitrogens with one attached hydrogen (secondary N) is 1. The normalized spacial score (nSPS) is 17.3. The zero-order valence-corrected chi connectivity index (χ0v) is 14.8. The monoisotopic (exact) mass is 346 g/mol. The molecule has 0 radical (unpaired) electrons. The quantitative estimate of drug-likeness (QED) is 0.849. The minimum Gasteiger partial charge on any atom is -0.444 e. The number of benzene rings is 1. The molecule has 0 bridgehead atoms. The largest absolute Gasteiger partial charge is 0.444 e. The van der Waals surface area contributed by atoms with Crippen molar-refractivity contribution in [2.75, 3.05) is 26.2 Å². The van der Waals surface area contributed by atoms with Gasteiger partial charge < -0.3 is 9.26 Å². The molecule has 1 aliphatic heterocycles. The first-order valence-electron chi connectivity index (χ1n) is 8.40. The standard InChI is InChI=1S/C18H23N3O4/c1-18(2,3)24-17(23)20-9-11-21(12-10-20,14-7-5-4-6-8-14)15-13-19-25-16(15)22/h4-8,13H,9-12H2,1-3H3/p+1. The van der Waals surface area contributed by atoms with E-state index in [2.05, 4.69) is 5.16 Å². The van der Waals surface area contributed by atoms with Crippen LogP contribution >= 0.6 is 0 Å². The van der Waals surface area contributed by atoms with Gasteiger partial charge in [0.1, 0.15) is 30.6 Å². The van der Waals surface area contributed by atoms with Gasteiger partial charge in [-0.1, -0.05) is 18.2 Å². The number of para-hydroxylation sites is 1. The minimum absolute atomic E-state index is 0.320. The number of piperazine rings is 1. The maximum absolute atomic E-state index is 12.3. The van der Waals surface area contributed by atoms with Gasteiger partial charge in [-0.15, -0.1) is 0 Å². The molecule has 1 aromatic heterocycles. The third-order valence-electron chi connectivity index (χ3n) is 4.42. The minimum atomic E-state index is -0.526. The Morgan fingerprint density at radius 1 is 1.20 bits per heavy atom. The molecule has 1 amide bonds. The van der Waals surface area contributed by atoms with Gasteiger partial charge in [0.15, 0.2) is 0 Å². The fraction of sp³-hybridized carbons (Fsp3) is 0.444. The molecule has 134 valence electrons. The molecule has 2 heterocycles. The third kappa shape index (κ3) is 3.46. The van der Waals surface area contributed by atoms with Crippen LogP contribution in [0.25, 0.3) is 0 Å². The molecule has 0 aliphatic carbocycles. The number of hydrogen-bond donors (Lipinski definition) is 1. The second kappa shape index (κ2) is 6.40. The third-order valence-corrected chi connectivity index (χ3v) is 4.42. The Morgan fingerprint density at radius 3 is 2.36 bits per heavy atom. The maximum Gasteiger partial charge on any atom is 0.418 e. The summed E-state index contributed by atoms with van der Waals surface area (Å²) in [5, 5.41) is 2.55. The number of carbonyl (C=O) groups is 1. The van der Waals surface area contributed by atoms with Crippen LogP contribution in [0.2, 0.25) is 0 Å². The van der Waals surface area contributed by atoms with E-state index in [4.69, 9.17) is 9.26 Å². The van der Waals surface area contributed by atoms with E-state index in [1.807, 2.05) is 51.1 Å². The van der Waals surface area contributed by atoms with Crippen molar-refractivity contribution >= 4 is 17.5 Å². The maximum atomic E-state index is 12.3. The first-order valence-corrected chi connectivity index (χ1v) is 8.40. The van der Waals surface area contributed by atoms with E-state index in [1.165, 1.54) is 0 Å². The van der Waals surface area contributed by atoms with E-state index in [-0.39, 0.29) is 11.7 Å². The molecule has 1 aliphatic rings. The Bertz CT molecular complexity index is 780. The highest BCUT2D eigenvalue weighted by atomic mass is 16.6. The van der Waals surface area contributed by atoms with E-state index < -0.39 is 5.60 Å². The smallest absolute Gasteiger partial charge is 0.418 e. The molecule has 1 saturated heterocycles. The lowest BCUT2D eigenvalue weighted by molar-refractivity contribution is 0.0183. The number of aromatic nitrogens is 1. The molecule has 1 fully saturated rings. The van der Waals surface area contributed by atoms with Crippen molar-refractivity contribution < 1.29 is 14.1 Å². The second-order valence-corrected chi connectivity index (χ2v) is 7.25. The number of aromatic amines is 1. The predicted octanol–water partition coefficient (Wildman–Crippen LogP) is 2.86. The predicted molar refractivity (Wildman–Crippen MR) is 94.8 cm³/mol. The summed E-state index contributed by atoms with van der Waals surface area (Å²) in [4.78, 5) is 26.2. The molecule has 25 heavy (non-hydrogen) atoms. The van der Waals surface area contributed by atoms with Crippen LogP contribution in [0.3, 0.4) is 0 Å². The summed E-state index contributed by atoms with van der Waals surface area (Å²) in [6, 6.07) is 9.83. The average molecular weight is 346 g/mol. The Morgan fingerprint density at radius 2 is 1.84 bits per heavy atom. The summed E-state index contributed by atoms with van der Waals surface area (Å²) in [5.41, 5.74) is 0.643. The molecule has 0 saturated carbocycles. The number of rotatable bonds is 2. The van der Waals surface area contributed by atoms with E-state index in [1.54, 1.807) is 11.1 Å². The molecule has 7 heteroatoms. The van der Waals surface area contributed by atoms with Gasteiger partial charge in [0, 0.05) is 0 Å². The second-order valence-electron chi connectivity index (χ2n) is 7.25. The van der Waals surface area contributed by atoms with Crippen LogP contribution in [0.1, 0.15) is 20.8 Å². The van der Waals surface area contributed by atoms with Crippen LogP contribution in [0.4, 0.5) is 16.2 Å². The SMILES string of the molecule is CC(C)(C)OC(=O)N1CC[N+](c2ccccc2)(c2c[nH]oc2=O)CC1. The molecule has 0 spiro atoms. The van der Waals surface area contributed by atoms with Gasteiger partial charge in [0.05, 0.1) is 13.1 Å². The molecular formula is C18H24N3O4+. The van der Waals surface area contributed by atoms with Gasteiger partial charge in [0.25, 0.3) is 0 Å². The van der Waals surface area contributed by atoms with Gasteiger partial charge in [-0.05, 0) is 32.9 Å². The first kappa shape index (κ1) is 17.3. The van der Waals surface area contributed by atoms with Crippen molar-refractivity contribution in [3.05, 3.63) is 46.9 Å². The van der Waals surface area contributed by atoms with Crippen molar-refractivity contribution in [3.63, 3.8) is 0 Å². The summed E-state index contributed by atoms with van der Waals surface area (Å²) in [7, 11) is 0. The zero-order chi connectivity index (χ0) is 18.1. The Hall–Kier alpha value is -2.54. The number of amides is 1. The molecule has 0 unspecified atom stereocenters. The van der Waals surface area contributed by atoms with Crippen LogP contribution in [0.5, 0.6) is 0 Å². The van der Waals surface area contributed by atoms with Crippen LogP contribution in [-0.2, 0) is 4.74 Å². The van der Waals surface area contributed by atoms with Gasteiger partial charge in [0.2, 0.25) is 5.69 Å². The van der Waals surface area contributed by atoms with Crippen molar-refractivity contribution in [1.29, 1.82) is 0 Å². The summed E-state index contributed by atoms with van der Waals surface area (Å²) in [5.74, 6) is 0. The van der Waals surface area contributed by atoms with Gasteiger partial charge >= 0.3 is 11.7 Å². The highest BCUT2D eigenvalue weighted by Gasteiger charge is 2.42. The number of ether oxygens (including phenoxy) is 1. The lowest BCUT2D eigenvalue weighted by Gasteiger charge is -2.42. The number of carbonyl (C=O) groups excluding carboxylic acids is 1. The number of nitrogens with zero attached hydrogens (tertiary/aromatic N) is 2. The highest BCUT2D eigenvalue weighted by Crippen LogP contribution is 2.33. The van der Waals surface area contributed by atoms with Crippen molar-refractivity contribution in [1.82, 2.24) is 14.5 Å². The summed E-state index contributed by atoms with van der Waals surface area (Å²) in [6.07, 6.45) is 1.29. The topological polar surface area (TPSA) is 75.5 Å². The summed E-state index contributed by atoms with van der Waals surface area (Å²) >= 11 is 0. The Kier molecular flexibility index (Phi) is 4.43. The number of quaternary nitrogens is 1. The van der Waals surface area contributed by atoms with Gasteiger partial charge in [-0.3, -0.25) is 4.90 Å². The van der Waals surface area contributed by atoms with Gasteiger partial charge in [-0.2, -0.15) is 0 Å². The van der Waals surface area contributed by atoms with Crippen molar-refractivity contribution in [2.45, 2.75) is 26.4 Å². The molecule has 2 aromatic rings. The van der Waals surface area contributed by atoms with E-state index in [0.29, 0.717) is 36.3 Å². The fourth-order valence-electron chi connectivity index (χ4n) is 3.22. The Balaban J connectivity index is 1.87. The highest BCUT2D eigenvalue weighted by molar-refractivity contribution is 5.69. The lowest BCUT2D eigenvalue weighted by atomic mass is 10.1. The van der Waals surface area contributed by atoms with E-state index in [9.17, 15) is 9.59 Å². The fourth-order valence-corrected chi connectivity index (χ4v) is 3.22. The zero-order valence-electron chi connectivity index (χ0n) is 14.8. The first-order chi connectivity index (χ1) is 11.8. The molecule has 1 aromatic carbocycles. The van der Waals surface area contributed by atoms with Crippen LogP contribution in [-0.4, -0.2) is 47.9 Å². The van der Waals surface area contributed by atoms with Crippen LogP contribution in [0, 0.1) is 0 Å². The Labute approximate surface area is 146 Å². The molecule has 7 nitrogen and oxygen atoms in total. The summed E-state index contributed by atoms with van der Waals surface area (Å²) in [6.45, 7) is 7.69. The number of H-pyrrole nitrogens is 1. The average Bonchev–Trinajstić information content (AvgIpc) is 3.01. The van der Waals surface area contributed by atoms with Crippen molar-refractivity contribution in [2.24, 2.45) is 0 Å². The van der Waals surface area contributed by atoms with E-state index >= 15 is 0 Å². The van der Waals surface area contributed by atoms with Crippen LogP contribution < -0.4 is 10.1 Å². The van der Waals surface area contributed by atoms with E-state index in [0.717, 1.165) is 5.69 Å². The molecule has 3 rings (SSSR count). The van der Waals surface area contributed by atoms with Crippen LogP contribution in [0.15, 0.2) is 45.8 Å². The lowest BCUT2D eigenvalue weighted by Crippen LogP contribution is -2.60. The number of hydrogen-bond acceptors (Lipinski definition) is 4. The molecule has 0 atom stereocenters.